The molecule has 0 fully saturated rings. The van der Waals surface area contributed by atoms with E-state index in [0.29, 0.717) is 18.1 Å². The maximum atomic E-state index is 12.0. The van der Waals surface area contributed by atoms with Gasteiger partial charge in [-0.2, -0.15) is 0 Å². The van der Waals surface area contributed by atoms with Crippen molar-refractivity contribution in [1.82, 2.24) is 10.3 Å². The number of benzene rings is 1. The molecule has 5 nitrogen and oxygen atoms in total. The van der Waals surface area contributed by atoms with Crippen LogP contribution in [0.25, 0.3) is 0 Å². The molecule has 1 heterocycles. The Bertz CT molecular complexity index is 628. The summed E-state index contributed by atoms with van der Waals surface area (Å²) in [6, 6.07) is 11.2. The fraction of sp³-hybridized carbons (Fsp3) is 0.294. The third-order valence-electron chi connectivity index (χ3n) is 3.41. The molecule has 1 aromatic carbocycles. The van der Waals surface area contributed by atoms with Gasteiger partial charge in [0.2, 0.25) is 0 Å². The molecule has 0 saturated carbocycles. The zero-order chi connectivity index (χ0) is 15.8. The summed E-state index contributed by atoms with van der Waals surface area (Å²) >= 11 is 0. The van der Waals surface area contributed by atoms with Crippen molar-refractivity contribution < 1.29 is 4.79 Å². The van der Waals surface area contributed by atoms with Crippen LogP contribution in [0.1, 0.15) is 28.8 Å². The van der Waals surface area contributed by atoms with Gasteiger partial charge in [0.05, 0.1) is 5.69 Å². The number of nitrogen functional groups attached to an aromatic ring is 1. The predicted octanol–water partition coefficient (Wildman–Crippen LogP) is 2.59. The minimum absolute atomic E-state index is 0.0139. The van der Waals surface area contributed by atoms with Crippen molar-refractivity contribution in [3.8, 4) is 0 Å². The van der Waals surface area contributed by atoms with Crippen molar-refractivity contribution in [3.05, 3.63) is 53.7 Å². The summed E-state index contributed by atoms with van der Waals surface area (Å²) < 4.78 is 0. The molecule has 0 unspecified atom stereocenters. The van der Waals surface area contributed by atoms with E-state index >= 15 is 0 Å². The Balaban J connectivity index is 1.65. The van der Waals surface area contributed by atoms with Gasteiger partial charge in [-0.05, 0) is 43.5 Å². The van der Waals surface area contributed by atoms with Gasteiger partial charge < -0.3 is 16.4 Å². The van der Waals surface area contributed by atoms with E-state index in [1.807, 2.05) is 43.3 Å². The number of unbranched alkanes of at least 4 members (excludes halogenated alkanes) is 1. The second kappa shape index (κ2) is 8.02. The first kappa shape index (κ1) is 15.8. The smallest absolute Gasteiger partial charge is 0.251 e. The highest BCUT2D eigenvalue weighted by molar-refractivity contribution is 5.95. The van der Waals surface area contributed by atoms with Crippen LogP contribution < -0.4 is 16.4 Å². The van der Waals surface area contributed by atoms with Crippen LogP contribution in [0.15, 0.2) is 42.6 Å². The monoisotopic (exact) mass is 298 g/mol. The number of rotatable bonds is 7. The number of nitrogens with two attached hydrogens (primary N) is 1. The zero-order valence-corrected chi connectivity index (χ0v) is 12.8. The molecule has 0 atom stereocenters. The molecule has 2 rings (SSSR count). The molecule has 22 heavy (non-hydrogen) atoms. The standard InChI is InChI=1S/C17H22N4O/c1-13-7-2-3-8-14(13)17(22)21-11-5-4-10-19-16-15(18)9-6-12-20-16/h2-3,6-9,12H,4-5,10-11,18H2,1H3,(H,19,20)(H,21,22). The highest BCUT2D eigenvalue weighted by Crippen LogP contribution is 2.12. The van der Waals surface area contributed by atoms with Gasteiger partial charge in [-0.25, -0.2) is 4.98 Å². The Labute approximate surface area is 130 Å². The topological polar surface area (TPSA) is 80.0 Å². The first-order chi connectivity index (χ1) is 10.7. The quantitative estimate of drug-likeness (QED) is 0.686. The number of nitrogens with one attached hydrogen (secondary N) is 2. The maximum absolute atomic E-state index is 12.0. The lowest BCUT2D eigenvalue weighted by atomic mass is 10.1. The summed E-state index contributed by atoms with van der Waals surface area (Å²) in [6.07, 6.45) is 3.54. The van der Waals surface area contributed by atoms with E-state index in [1.165, 1.54) is 0 Å². The van der Waals surface area contributed by atoms with Gasteiger partial charge in [0.15, 0.2) is 0 Å². The molecule has 0 bridgehead atoms. The molecule has 0 aliphatic rings. The number of amides is 1. The van der Waals surface area contributed by atoms with Crippen LogP contribution >= 0.6 is 0 Å². The van der Waals surface area contributed by atoms with Crippen LogP contribution in [0, 0.1) is 6.92 Å². The summed E-state index contributed by atoms with van der Waals surface area (Å²) in [5.74, 6) is 0.700. The van der Waals surface area contributed by atoms with Gasteiger partial charge in [0.25, 0.3) is 5.91 Å². The minimum Gasteiger partial charge on any atom is -0.396 e. The molecule has 116 valence electrons. The van der Waals surface area contributed by atoms with Crippen LogP contribution in [-0.2, 0) is 0 Å². The summed E-state index contributed by atoms with van der Waals surface area (Å²) in [6.45, 7) is 3.38. The Hall–Kier alpha value is -2.56. The number of hydrogen-bond acceptors (Lipinski definition) is 4. The molecule has 0 aliphatic carbocycles. The lowest BCUT2D eigenvalue weighted by molar-refractivity contribution is 0.0952. The van der Waals surface area contributed by atoms with E-state index < -0.39 is 0 Å². The number of aryl methyl sites for hydroxylation is 1. The van der Waals surface area contributed by atoms with E-state index in [0.717, 1.165) is 30.5 Å². The summed E-state index contributed by atoms with van der Waals surface area (Å²) in [4.78, 5) is 16.2. The Kier molecular flexibility index (Phi) is 5.77. The maximum Gasteiger partial charge on any atom is 0.251 e. The number of carbonyl (C=O) groups is 1. The number of anilines is 2. The van der Waals surface area contributed by atoms with Crippen molar-refractivity contribution in [1.29, 1.82) is 0 Å². The van der Waals surface area contributed by atoms with Crippen LogP contribution in [0.3, 0.4) is 0 Å². The average Bonchev–Trinajstić information content (AvgIpc) is 2.52. The summed E-state index contributed by atoms with van der Waals surface area (Å²) in [7, 11) is 0. The van der Waals surface area contributed by atoms with Crippen molar-refractivity contribution in [2.24, 2.45) is 0 Å². The molecule has 5 heteroatoms. The number of hydrogen-bond donors (Lipinski definition) is 3. The van der Waals surface area contributed by atoms with Crippen molar-refractivity contribution in [3.63, 3.8) is 0 Å². The number of carbonyl (C=O) groups excluding carboxylic acids is 1. The summed E-state index contributed by atoms with van der Waals surface area (Å²) in [5, 5.41) is 6.14. The molecule has 0 saturated heterocycles. The van der Waals surface area contributed by atoms with Crippen LogP contribution in [0.2, 0.25) is 0 Å². The first-order valence-corrected chi connectivity index (χ1v) is 7.46. The van der Waals surface area contributed by atoms with Crippen molar-refractivity contribution >= 4 is 17.4 Å². The van der Waals surface area contributed by atoms with Crippen LogP contribution in [0.5, 0.6) is 0 Å². The molecule has 2 aromatic rings. The van der Waals surface area contributed by atoms with E-state index in [1.54, 1.807) is 6.20 Å². The number of nitrogens with zero attached hydrogens (tertiary/aromatic N) is 1. The largest absolute Gasteiger partial charge is 0.396 e. The van der Waals surface area contributed by atoms with Gasteiger partial charge in [-0.3, -0.25) is 4.79 Å². The lowest BCUT2D eigenvalue weighted by Crippen LogP contribution is -2.25. The molecular formula is C17H22N4O. The first-order valence-electron chi connectivity index (χ1n) is 7.46. The minimum atomic E-state index is -0.0139. The Morgan fingerprint density at radius 2 is 1.91 bits per heavy atom. The average molecular weight is 298 g/mol. The molecule has 4 N–H and O–H groups in total. The molecule has 0 radical (unpaired) electrons. The fourth-order valence-electron chi connectivity index (χ4n) is 2.15. The SMILES string of the molecule is Cc1ccccc1C(=O)NCCCCNc1ncccc1N. The number of pyridine rings is 1. The van der Waals surface area contributed by atoms with Crippen LogP contribution in [-0.4, -0.2) is 24.0 Å². The van der Waals surface area contributed by atoms with Crippen LogP contribution in [0.4, 0.5) is 11.5 Å². The molecular weight excluding hydrogens is 276 g/mol. The number of aromatic nitrogens is 1. The Morgan fingerprint density at radius 1 is 1.14 bits per heavy atom. The fourth-order valence-corrected chi connectivity index (χ4v) is 2.15. The van der Waals surface area contributed by atoms with Gasteiger partial charge in [0.1, 0.15) is 5.82 Å². The van der Waals surface area contributed by atoms with Gasteiger partial charge in [-0.1, -0.05) is 18.2 Å². The van der Waals surface area contributed by atoms with Gasteiger partial charge >= 0.3 is 0 Å². The molecule has 0 aliphatic heterocycles. The normalized spacial score (nSPS) is 10.2. The molecule has 1 aromatic heterocycles. The second-order valence-corrected chi connectivity index (χ2v) is 5.15. The lowest BCUT2D eigenvalue weighted by Gasteiger charge is -2.09. The molecule has 0 spiro atoms. The van der Waals surface area contributed by atoms with E-state index in [-0.39, 0.29) is 5.91 Å². The predicted molar refractivity (Wildman–Crippen MR) is 89.9 cm³/mol. The zero-order valence-electron chi connectivity index (χ0n) is 12.8. The summed E-state index contributed by atoms with van der Waals surface area (Å²) in [5.41, 5.74) is 8.18. The van der Waals surface area contributed by atoms with Crippen molar-refractivity contribution in [2.75, 3.05) is 24.1 Å². The second-order valence-electron chi connectivity index (χ2n) is 5.15. The highest BCUT2D eigenvalue weighted by Gasteiger charge is 2.06. The highest BCUT2D eigenvalue weighted by atomic mass is 16.1. The van der Waals surface area contributed by atoms with Gasteiger partial charge in [0, 0.05) is 24.8 Å². The van der Waals surface area contributed by atoms with E-state index in [2.05, 4.69) is 15.6 Å². The third kappa shape index (κ3) is 4.48. The van der Waals surface area contributed by atoms with Crippen molar-refractivity contribution in [2.45, 2.75) is 19.8 Å². The van der Waals surface area contributed by atoms with E-state index in [9.17, 15) is 4.79 Å². The molecule has 1 amide bonds. The van der Waals surface area contributed by atoms with Gasteiger partial charge in [-0.15, -0.1) is 0 Å². The third-order valence-corrected chi connectivity index (χ3v) is 3.41. The van der Waals surface area contributed by atoms with E-state index in [4.69, 9.17) is 5.73 Å². The Morgan fingerprint density at radius 3 is 2.68 bits per heavy atom.